The third-order valence-electron chi connectivity index (χ3n) is 4.32. The van der Waals surface area contributed by atoms with Gasteiger partial charge < -0.3 is 4.57 Å². The molecule has 0 N–H and O–H groups in total. The van der Waals surface area contributed by atoms with Crippen LogP contribution >= 0.6 is 0 Å². The van der Waals surface area contributed by atoms with E-state index in [0.717, 1.165) is 12.2 Å². The average molecular weight is 276 g/mol. The summed E-state index contributed by atoms with van der Waals surface area (Å²) in [6.45, 7) is 4.31. The molecule has 0 atom stereocenters. The zero-order valence-electron chi connectivity index (χ0n) is 12.6. The Morgan fingerprint density at radius 2 is 2.05 bits per heavy atom. The molecule has 104 valence electrons. The maximum atomic E-state index is 4.43. The van der Waals surface area contributed by atoms with Gasteiger partial charge >= 0.3 is 0 Å². The molecule has 3 heteroatoms. The van der Waals surface area contributed by atoms with E-state index < -0.39 is 0 Å². The van der Waals surface area contributed by atoms with Gasteiger partial charge in [-0.1, -0.05) is 17.7 Å². The van der Waals surface area contributed by atoms with E-state index in [9.17, 15) is 0 Å². The molecule has 3 aromatic rings. The molecule has 0 saturated heterocycles. The maximum Gasteiger partial charge on any atom is 0.214 e. The lowest BCUT2D eigenvalue weighted by Gasteiger charge is -2.08. The van der Waals surface area contributed by atoms with E-state index >= 15 is 0 Å². The summed E-state index contributed by atoms with van der Waals surface area (Å²) in [7, 11) is 2.12. The number of benzene rings is 1. The van der Waals surface area contributed by atoms with Crippen molar-refractivity contribution >= 4 is 0 Å². The Morgan fingerprint density at radius 1 is 1.19 bits per heavy atom. The third-order valence-corrected chi connectivity index (χ3v) is 4.32. The van der Waals surface area contributed by atoms with Crippen LogP contribution < -0.4 is 4.57 Å². The molecule has 3 nitrogen and oxygen atoms in total. The number of fused-ring (bicyclic) bond motifs is 3. The van der Waals surface area contributed by atoms with Gasteiger partial charge in [0.05, 0.1) is 5.69 Å². The summed E-state index contributed by atoms with van der Waals surface area (Å²) in [6.07, 6.45) is 7.08. The van der Waals surface area contributed by atoms with Crippen molar-refractivity contribution in [3.63, 3.8) is 0 Å². The minimum Gasteiger partial charge on any atom is -0.303 e. The predicted octanol–water partition coefficient (Wildman–Crippen LogP) is 2.88. The van der Waals surface area contributed by atoms with Crippen molar-refractivity contribution in [3.8, 4) is 16.9 Å². The van der Waals surface area contributed by atoms with Gasteiger partial charge in [-0.2, -0.15) is 0 Å². The standard InChI is InChI=1S/C18H18N3/c1-12-4-5-15(13(2)8-12)17-10-16-14(11-20(17)3)9-18-19-6-7-21(16)18/h4-8,10-11H,9H2,1-3H3/q+1. The second-order valence-corrected chi connectivity index (χ2v) is 5.89. The summed E-state index contributed by atoms with van der Waals surface area (Å²) in [6, 6.07) is 8.92. The van der Waals surface area contributed by atoms with Gasteiger partial charge in [0, 0.05) is 36.0 Å². The molecule has 1 aromatic carbocycles. The minimum absolute atomic E-state index is 0.920. The summed E-state index contributed by atoms with van der Waals surface area (Å²) >= 11 is 0. The highest BCUT2D eigenvalue weighted by molar-refractivity contribution is 5.65. The molecule has 3 heterocycles. The zero-order chi connectivity index (χ0) is 14.6. The van der Waals surface area contributed by atoms with Crippen LogP contribution in [0, 0.1) is 13.8 Å². The Kier molecular flexibility index (Phi) is 2.52. The molecule has 0 fully saturated rings. The molecular formula is C18H18N3+. The van der Waals surface area contributed by atoms with Crippen LogP contribution in [0.4, 0.5) is 0 Å². The smallest absolute Gasteiger partial charge is 0.214 e. The van der Waals surface area contributed by atoms with Crippen LogP contribution in [0.25, 0.3) is 16.9 Å². The summed E-state index contributed by atoms with van der Waals surface area (Å²) < 4.78 is 4.42. The number of hydrogen-bond donors (Lipinski definition) is 0. The lowest BCUT2D eigenvalue weighted by Crippen LogP contribution is -2.31. The van der Waals surface area contributed by atoms with Gasteiger partial charge in [0.15, 0.2) is 6.20 Å². The number of aryl methyl sites for hydroxylation is 3. The van der Waals surface area contributed by atoms with Gasteiger partial charge in [-0.15, -0.1) is 0 Å². The van der Waals surface area contributed by atoms with Gasteiger partial charge in [-0.05, 0) is 25.5 Å². The minimum atomic E-state index is 0.920. The van der Waals surface area contributed by atoms with E-state index in [1.807, 2.05) is 12.4 Å². The summed E-state index contributed by atoms with van der Waals surface area (Å²) in [4.78, 5) is 4.43. The van der Waals surface area contributed by atoms with Crippen molar-refractivity contribution < 1.29 is 4.57 Å². The van der Waals surface area contributed by atoms with Crippen molar-refractivity contribution in [1.82, 2.24) is 9.55 Å². The Hall–Kier alpha value is -2.42. The van der Waals surface area contributed by atoms with Gasteiger partial charge in [0.1, 0.15) is 12.9 Å². The molecule has 0 unspecified atom stereocenters. The zero-order valence-corrected chi connectivity index (χ0v) is 12.6. The van der Waals surface area contributed by atoms with E-state index in [1.54, 1.807) is 0 Å². The number of pyridine rings is 1. The van der Waals surface area contributed by atoms with Crippen molar-refractivity contribution in [3.05, 3.63) is 65.4 Å². The highest BCUT2D eigenvalue weighted by atomic mass is 15.1. The summed E-state index contributed by atoms with van der Waals surface area (Å²) in [5, 5.41) is 0. The van der Waals surface area contributed by atoms with Gasteiger partial charge in [0.2, 0.25) is 5.69 Å². The van der Waals surface area contributed by atoms with E-state index in [1.165, 1.54) is 33.6 Å². The third kappa shape index (κ3) is 1.81. The summed E-state index contributed by atoms with van der Waals surface area (Å²) in [5.74, 6) is 1.13. The molecule has 0 bridgehead atoms. The van der Waals surface area contributed by atoms with Crippen molar-refractivity contribution in [2.45, 2.75) is 20.3 Å². The first-order valence-electron chi connectivity index (χ1n) is 7.26. The summed E-state index contributed by atoms with van der Waals surface area (Å²) in [5.41, 5.74) is 7.75. The molecule has 0 spiro atoms. The van der Waals surface area contributed by atoms with Crippen LogP contribution in [0.1, 0.15) is 22.5 Å². The first kappa shape index (κ1) is 12.3. The van der Waals surface area contributed by atoms with Crippen molar-refractivity contribution in [2.24, 2.45) is 7.05 Å². The average Bonchev–Trinajstić information content (AvgIpc) is 2.99. The molecule has 4 rings (SSSR count). The van der Waals surface area contributed by atoms with Crippen LogP contribution in [0.3, 0.4) is 0 Å². The van der Waals surface area contributed by atoms with Gasteiger partial charge in [0.25, 0.3) is 0 Å². The van der Waals surface area contributed by atoms with E-state index in [-0.39, 0.29) is 0 Å². The Bertz CT molecular complexity index is 859. The number of hydrogen-bond acceptors (Lipinski definition) is 1. The van der Waals surface area contributed by atoms with Crippen LogP contribution in [-0.2, 0) is 13.5 Å². The first-order chi connectivity index (χ1) is 10.1. The van der Waals surface area contributed by atoms with Crippen molar-refractivity contribution in [2.75, 3.05) is 0 Å². The molecule has 0 aliphatic carbocycles. The monoisotopic (exact) mass is 276 g/mol. The van der Waals surface area contributed by atoms with Gasteiger partial charge in [-0.25, -0.2) is 9.55 Å². The topological polar surface area (TPSA) is 21.7 Å². The highest BCUT2D eigenvalue weighted by Crippen LogP contribution is 2.29. The second kappa shape index (κ2) is 4.29. The fourth-order valence-electron chi connectivity index (χ4n) is 3.28. The molecule has 2 aromatic heterocycles. The Labute approximate surface area is 124 Å². The predicted molar refractivity (Wildman–Crippen MR) is 82.5 cm³/mol. The van der Waals surface area contributed by atoms with Crippen LogP contribution in [0.2, 0.25) is 0 Å². The number of imidazole rings is 1. The van der Waals surface area contributed by atoms with E-state index in [4.69, 9.17) is 0 Å². The molecule has 21 heavy (non-hydrogen) atoms. The van der Waals surface area contributed by atoms with E-state index in [0.29, 0.717) is 0 Å². The fourth-order valence-corrected chi connectivity index (χ4v) is 3.28. The van der Waals surface area contributed by atoms with E-state index in [2.05, 4.69) is 65.5 Å². The Morgan fingerprint density at radius 3 is 2.86 bits per heavy atom. The fraction of sp³-hybridized carbons (Fsp3) is 0.222. The molecule has 0 amide bonds. The lowest BCUT2D eigenvalue weighted by molar-refractivity contribution is -0.660. The number of nitrogens with zero attached hydrogens (tertiary/aromatic N) is 3. The molecule has 0 saturated carbocycles. The maximum absolute atomic E-state index is 4.43. The number of rotatable bonds is 1. The molecule has 0 radical (unpaired) electrons. The van der Waals surface area contributed by atoms with Crippen LogP contribution in [0.15, 0.2) is 42.9 Å². The Balaban J connectivity index is 1.94. The lowest BCUT2D eigenvalue weighted by atomic mass is 10.0. The molecule has 1 aliphatic rings. The first-order valence-corrected chi connectivity index (χ1v) is 7.26. The quantitative estimate of drug-likeness (QED) is 0.490. The SMILES string of the molecule is Cc1ccc(-c2cc3c(c[n+]2C)Cc2nccn2-3)c(C)c1. The second-order valence-electron chi connectivity index (χ2n) is 5.89. The van der Waals surface area contributed by atoms with Crippen LogP contribution in [-0.4, -0.2) is 9.55 Å². The highest BCUT2D eigenvalue weighted by Gasteiger charge is 2.24. The normalized spacial score (nSPS) is 12.3. The van der Waals surface area contributed by atoms with Crippen molar-refractivity contribution in [1.29, 1.82) is 0 Å². The molecule has 1 aliphatic heterocycles. The van der Waals surface area contributed by atoms with Crippen LogP contribution in [0.5, 0.6) is 0 Å². The largest absolute Gasteiger partial charge is 0.303 e. The molecular weight excluding hydrogens is 258 g/mol. The number of aromatic nitrogens is 3. The van der Waals surface area contributed by atoms with Gasteiger partial charge in [-0.3, -0.25) is 0 Å².